The van der Waals surface area contributed by atoms with Gasteiger partial charge in [0.1, 0.15) is 5.52 Å². The van der Waals surface area contributed by atoms with E-state index in [9.17, 15) is 18.6 Å². The van der Waals surface area contributed by atoms with Crippen molar-refractivity contribution in [1.82, 2.24) is 9.55 Å². The molecule has 0 spiro atoms. The predicted octanol–water partition coefficient (Wildman–Crippen LogP) is 2.41. The number of aromatic hydroxyl groups is 2. The molecule has 0 aliphatic heterocycles. The van der Waals surface area contributed by atoms with Crippen molar-refractivity contribution in [3.05, 3.63) is 24.5 Å². The number of phenols is 1. The van der Waals surface area contributed by atoms with Gasteiger partial charge in [-0.25, -0.2) is 8.42 Å². The van der Waals surface area contributed by atoms with Crippen molar-refractivity contribution >= 4 is 37.4 Å². The summed E-state index contributed by atoms with van der Waals surface area (Å²) in [6, 6.07) is 3.38. The highest BCUT2D eigenvalue weighted by Crippen LogP contribution is 2.46. The maximum atomic E-state index is 12.1. The summed E-state index contributed by atoms with van der Waals surface area (Å²) in [7, 11) is -2.09. The van der Waals surface area contributed by atoms with E-state index < -0.39 is 10.0 Å². The number of pyridine rings is 1. The zero-order valence-corrected chi connectivity index (χ0v) is 14.5. The number of sulfonamides is 1. The van der Waals surface area contributed by atoms with Gasteiger partial charge in [-0.15, -0.1) is 0 Å². The summed E-state index contributed by atoms with van der Waals surface area (Å²) < 4.78 is 26.9. The van der Waals surface area contributed by atoms with Gasteiger partial charge >= 0.3 is 0 Å². The molecule has 0 radical (unpaired) electrons. The zero-order chi connectivity index (χ0) is 17.6. The van der Waals surface area contributed by atoms with Gasteiger partial charge in [-0.3, -0.25) is 9.29 Å². The molecule has 1 aromatic carbocycles. The van der Waals surface area contributed by atoms with Crippen LogP contribution in [-0.2, 0) is 16.6 Å². The molecule has 0 bridgehead atoms. The van der Waals surface area contributed by atoms with Crippen LogP contribution in [0.25, 0.3) is 21.7 Å². The van der Waals surface area contributed by atoms with Gasteiger partial charge in [-0.1, -0.05) is 6.92 Å². The van der Waals surface area contributed by atoms with Gasteiger partial charge in [-0.2, -0.15) is 0 Å². The average molecular weight is 349 g/mol. The largest absolute Gasteiger partial charge is 0.505 e. The summed E-state index contributed by atoms with van der Waals surface area (Å²) in [5.74, 6) is -0.251. The number of aryl methyl sites for hydroxylation is 1. The maximum Gasteiger partial charge on any atom is 0.232 e. The van der Waals surface area contributed by atoms with E-state index in [1.165, 1.54) is 13.2 Å². The predicted molar refractivity (Wildman–Crippen MR) is 94.1 cm³/mol. The van der Waals surface area contributed by atoms with Crippen molar-refractivity contribution < 1.29 is 18.6 Å². The van der Waals surface area contributed by atoms with Crippen LogP contribution in [0.1, 0.15) is 13.3 Å². The lowest BCUT2D eigenvalue weighted by Gasteiger charge is -2.20. The number of phenolic OH excluding ortho intramolecular Hbond substituents is 1. The first-order valence-electron chi connectivity index (χ1n) is 7.52. The Morgan fingerprint density at radius 2 is 2.00 bits per heavy atom. The first-order valence-corrected chi connectivity index (χ1v) is 9.37. The van der Waals surface area contributed by atoms with Crippen molar-refractivity contribution in [2.75, 3.05) is 17.6 Å². The number of nitrogens with zero attached hydrogens (tertiary/aromatic N) is 3. The summed E-state index contributed by atoms with van der Waals surface area (Å²) in [5, 5.41) is 22.2. The zero-order valence-electron chi connectivity index (χ0n) is 13.7. The van der Waals surface area contributed by atoms with Crippen molar-refractivity contribution in [1.29, 1.82) is 0 Å². The third-order valence-corrected chi connectivity index (χ3v) is 5.28. The van der Waals surface area contributed by atoms with E-state index >= 15 is 0 Å². The Hall–Kier alpha value is -2.48. The monoisotopic (exact) mass is 349 g/mol. The van der Waals surface area contributed by atoms with Crippen LogP contribution < -0.4 is 4.31 Å². The van der Waals surface area contributed by atoms with Gasteiger partial charge in [-0.05, 0) is 18.6 Å². The van der Waals surface area contributed by atoms with Crippen LogP contribution in [0.3, 0.4) is 0 Å². The molecular weight excluding hydrogens is 330 g/mol. The Morgan fingerprint density at radius 3 is 2.62 bits per heavy atom. The summed E-state index contributed by atoms with van der Waals surface area (Å²) in [6.07, 6.45) is 5.07. The van der Waals surface area contributed by atoms with Crippen molar-refractivity contribution in [2.24, 2.45) is 0 Å². The summed E-state index contributed by atoms with van der Waals surface area (Å²) in [6.45, 7) is 2.51. The Morgan fingerprint density at radius 1 is 1.29 bits per heavy atom. The fraction of sp³-hybridized carbons (Fsp3) is 0.312. The summed E-state index contributed by atoms with van der Waals surface area (Å²) in [4.78, 5) is 4.16. The van der Waals surface area contributed by atoms with E-state index in [-0.39, 0.29) is 22.5 Å². The van der Waals surface area contributed by atoms with Gasteiger partial charge in [0, 0.05) is 36.8 Å². The first-order chi connectivity index (χ1) is 11.3. The van der Waals surface area contributed by atoms with Gasteiger partial charge in [0.05, 0.1) is 17.3 Å². The van der Waals surface area contributed by atoms with E-state index in [1.807, 2.05) is 6.92 Å². The van der Waals surface area contributed by atoms with E-state index in [1.54, 1.807) is 22.9 Å². The Bertz CT molecular complexity index is 1040. The third-order valence-electron chi connectivity index (χ3n) is 4.11. The SMILES string of the molecule is CCCn1cc2c(N(C)S(C)(=O)=O)c3cccnc3c(O)c2c1O. The molecule has 0 atom stereocenters. The Labute approximate surface area is 139 Å². The normalized spacial score (nSPS) is 12.1. The molecule has 0 saturated carbocycles. The molecule has 3 aromatic rings. The second kappa shape index (κ2) is 5.55. The smallest absolute Gasteiger partial charge is 0.232 e. The highest BCUT2D eigenvalue weighted by molar-refractivity contribution is 7.92. The molecule has 0 aliphatic rings. The van der Waals surface area contributed by atoms with Crippen molar-refractivity contribution in [3.63, 3.8) is 0 Å². The molecular formula is C16H19N3O4S. The van der Waals surface area contributed by atoms with Crippen LogP contribution in [0.15, 0.2) is 24.5 Å². The van der Waals surface area contributed by atoms with Gasteiger partial charge in [0.15, 0.2) is 5.75 Å². The highest BCUT2D eigenvalue weighted by Gasteiger charge is 2.25. The minimum Gasteiger partial charge on any atom is -0.505 e. The molecule has 7 nitrogen and oxygen atoms in total. The molecule has 3 rings (SSSR count). The van der Waals surface area contributed by atoms with Gasteiger partial charge in [0.2, 0.25) is 15.9 Å². The number of hydrogen-bond donors (Lipinski definition) is 2. The molecule has 0 aliphatic carbocycles. The lowest BCUT2D eigenvalue weighted by molar-refractivity contribution is 0.417. The number of aromatic nitrogens is 2. The standard InChI is InChI=1S/C16H19N3O4S/c1-4-8-19-9-11-12(16(19)21)15(20)13-10(6-5-7-17-13)14(11)18(2)24(3,22)23/h5-7,9,20-21H,4,8H2,1-3H3. The van der Waals surface area contributed by atoms with Crippen molar-refractivity contribution in [3.8, 4) is 11.6 Å². The first kappa shape index (κ1) is 16.4. The number of benzene rings is 1. The molecule has 8 heteroatoms. The Kier molecular flexibility index (Phi) is 3.79. The molecule has 2 N–H and O–H groups in total. The quantitative estimate of drug-likeness (QED) is 0.754. The number of anilines is 1. The minimum atomic E-state index is -3.53. The summed E-state index contributed by atoms with van der Waals surface area (Å²) in [5.41, 5.74) is 0.638. The van der Waals surface area contributed by atoms with E-state index in [0.29, 0.717) is 23.0 Å². The lowest BCUT2D eigenvalue weighted by Crippen LogP contribution is -2.25. The minimum absolute atomic E-state index is 0.0972. The number of fused-ring (bicyclic) bond motifs is 2. The van der Waals surface area contributed by atoms with Gasteiger partial charge in [0.25, 0.3) is 0 Å². The molecule has 0 saturated heterocycles. The average Bonchev–Trinajstić information content (AvgIpc) is 2.84. The maximum absolute atomic E-state index is 12.1. The fourth-order valence-electron chi connectivity index (χ4n) is 2.92. The van der Waals surface area contributed by atoms with Crippen LogP contribution in [-0.4, -0.2) is 41.5 Å². The Balaban J connectivity index is 2.54. The summed E-state index contributed by atoms with van der Waals surface area (Å²) >= 11 is 0. The molecule has 24 heavy (non-hydrogen) atoms. The molecule has 128 valence electrons. The molecule has 2 heterocycles. The van der Waals surface area contributed by atoms with Crippen LogP contribution in [0, 0.1) is 0 Å². The van der Waals surface area contributed by atoms with Crippen molar-refractivity contribution in [2.45, 2.75) is 19.9 Å². The molecule has 0 fully saturated rings. The van der Waals surface area contributed by atoms with Gasteiger partial charge < -0.3 is 14.8 Å². The van der Waals surface area contributed by atoms with Crippen LogP contribution in [0.4, 0.5) is 5.69 Å². The molecule has 0 unspecified atom stereocenters. The van der Waals surface area contributed by atoms with Crippen LogP contribution in [0.5, 0.6) is 11.6 Å². The van der Waals surface area contributed by atoms with Crippen LogP contribution >= 0.6 is 0 Å². The second-order valence-electron chi connectivity index (χ2n) is 5.76. The van der Waals surface area contributed by atoms with E-state index in [0.717, 1.165) is 17.0 Å². The van der Waals surface area contributed by atoms with E-state index in [2.05, 4.69) is 4.98 Å². The third kappa shape index (κ3) is 2.34. The molecule has 2 aromatic heterocycles. The lowest BCUT2D eigenvalue weighted by atomic mass is 10.1. The number of rotatable bonds is 4. The molecule has 0 amide bonds. The topological polar surface area (TPSA) is 95.7 Å². The van der Waals surface area contributed by atoms with E-state index in [4.69, 9.17) is 0 Å². The fourth-order valence-corrected chi connectivity index (χ4v) is 3.45. The van der Waals surface area contributed by atoms with Crippen LogP contribution in [0.2, 0.25) is 0 Å². The highest BCUT2D eigenvalue weighted by atomic mass is 32.2. The number of hydrogen-bond acceptors (Lipinski definition) is 5. The second-order valence-corrected chi connectivity index (χ2v) is 7.78.